The fourth-order valence-corrected chi connectivity index (χ4v) is 14.1. The van der Waals surface area contributed by atoms with Crippen molar-refractivity contribution in [3.05, 3.63) is 83.3 Å². The van der Waals surface area contributed by atoms with Gasteiger partial charge in [-0.1, -0.05) is 113 Å². The first-order valence-electron chi connectivity index (χ1n) is 16.1. The standard InChI is InChI=1S/C36H51N3O2Si/c1-26-17-18-32-31(33(20-22-35(26,32)5)36(6)21-19-28(40)23-27(36)24-38-39-37)25-41-42(34(2,3)4,29-13-9-7-10-14-29)30-15-11-8-12-16-30/h7-16,27-28,31-33,40H,1,17-25H2,2-6H3/t27-,28+,31+,32+,33+,35-,36+/m1/s1. The van der Waals surface area contributed by atoms with Crippen LogP contribution in [0.25, 0.3) is 10.4 Å². The minimum atomic E-state index is -2.70. The Bertz CT molecular complexity index is 1250. The molecule has 3 aliphatic rings. The van der Waals surface area contributed by atoms with Gasteiger partial charge >= 0.3 is 0 Å². The van der Waals surface area contributed by atoms with Crippen LogP contribution in [0.15, 0.2) is 77.9 Å². The Morgan fingerprint density at radius 1 is 0.976 bits per heavy atom. The van der Waals surface area contributed by atoms with E-state index in [-0.39, 0.29) is 27.9 Å². The van der Waals surface area contributed by atoms with Crippen LogP contribution in [0.3, 0.4) is 0 Å². The summed E-state index contributed by atoms with van der Waals surface area (Å²) >= 11 is 0. The van der Waals surface area contributed by atoms with Crippen LogP contribution in [-0.4, -0.2) is 32.7 Å². The number of nitrogens with zero attached hydrogens (tertiary/aromatic N) is 3. The topological polar surface area (TPSA) is 78.2 Å². The van der Waals surface area contributed by atoms with Gasteiger partial charge in [-0.2, -0.15) is 0 Å². The number of azide groups is 1. The maximum Gasteiger partial charge on any atom is 0.261 e. The second-order valence-electron chi connectivity index (χ2n) is 15.0. The maximum atomic E-state index is 10.7. The average Bonchev–Trinajstić information content (AvgIpc) is 3.28. The highest BCUT2D eigenvalue weighted by Gasteiger charge is 2.58. The van der Waals surface area contributed by atoms with Crippen LogP contribution in [-0.2, 0) is 4.43 Å². The maximum absolute atomic E-state index is 10.7. The second kappa shape index (κ2) is 12.0. The number of allylic oxidation sites excluding steroid dienone is 1. The number of hydrogen-bond acceptors (Lipinski definition) is 3. The number of benzene rings is 2. The summed E-state index contributed by atoms with van der Waals surface area (Å²) in [6.45, 7) is 17.7. The van der Waals surface area contributed by atoms with E-state index in [9.17, 15) is 10.6 Å². The lowest BCUT2D eigenvalue weighted by Gasteiger charge is -2.57. The molecule has 0 amide bonds. The SMILES string of the molecule is C=C1CC[C@H]2[C@H](CO[Si](c3ccccc3)(c3ccccc3)C(C)(C)C)[C@@H]([C@@]3(C)CC[C@H](O)C[C@@H]3CN=[N+]=[N-])CC[C@]12C. The van der Waals surface area contributed by atoms with Crippen molar-refractivity contribution in [3.63, 3.8) is 0 Å². The lowest BCUT2D eigenvalue weighted by atomic mass is 9.49. The van der Waals surface area contributed by atoms with Gasteiger partial charge in [0.2, 0.25) is 0 Å². The molecule has 2 aromatic carbocycles. The summed E-state index contributed by atoms with van der Waals surface area (Å²) < 4.78 is 7.68. The predicted octanol–water partition coefficient (Wildman–Crippen LogP) is 8.04. The summed E-state index contributed by atoms with van der Waals surface area (Å²) in [7, 11) is -2.70. The molecule has 0 saturated heterocycles. The van der Waals surface area contributed by atoms with Crippen LogP contribution in [0.2, 0.25) is 5.04 Å². The summed E-state index contributed by atoms with van der Waals surface area (Å²) in [5, 5.41) is 17.3. The first-order chi connectivity index (χ1) is 20.0. The van der Waals surface area contributed by atoms with Gasteiger partial charge in [-0.05, 0) is 100 Å². The second-order valence-corrected chi connectivity index (χ2v) is 19.3. The molecular formula is C36H51N3O2Si. The van der Waals surface area contributed by atoms with E-state index in [1.807, 2.05) is 0 Å². The highest BCUT2D eigenvalue weighted by molar-refractivity contribution is 6.99. The molecule has 0 spiro atoms. The highest BCUT2D eigenvalue weighted by atomic mass is 28.4. The molecule has 7 atom stereocenters. The van der Waals surface area contributed by atoms with Crippen molar-refractivity contribution in [2.24, 2.45) is 39.6 Å². The Morgan fingerprint density at radius 3 is 2.17 bits per heavy atom. The summed E-state index contributed by atoms with van der Waals surface area (Å²) in [6.07, 6.45) is 6.72. The van der Waals surface area contributed by atoms with Crippen LogP contribution in [0, 0.1) is 34.5 Å². The van der Waals surface area contributed by atoms with E-state index in [1.165, 1.54) is 22.4 Å². The van der Waals surface area contributed by atoms with Crippen LogP contribution in [0.1, 0.15) is 79.6 Å². The van der Waals surface area contributed by atoms with Gasteiger partial charge in [0.15, 0.2) is 0 Å². The predicted molar refractivity (Wildman–Crippen MR) is 175 cm³/mol. The summed E-state index contributed by atoms with van der Waals surface area (Å²) in [5.74, 6) is 1.50. The van der Waals surface area contributed by atoms with Crippen LogP contribution < -0.4 is 10.4 Å². The summed E-state index contributed by atoms with van der Waals surface area (Å²) in [4.78, 5) is 3.13. The molecule has 42 heavy (non-hydrogen) atoms. The third-order valence-corrected chi connectivity index (χ3v) is 17.0. The van der Waals surface area contributed by atoms with E-state index in [1.54, 1.807) is 0 Å². The lowest BCUT2D eigenvalue weighted by Crippen LogP contribution is -2.67. The number of fused-ring (bicyclic) bond motifs is 1. The third-order valence-electron chi connectivity index (χ3n) is 12.0. The first kappa shape index (κ1) is 31.1. The Hall–Kier alpha value is -2.37. The first-order valence-corrected chi connectivity index (χ1v) is 18.0. The van der Waals surface area contributed by atoms with Gasteiger partial charge in [0.1, 0.15) is 0 Å². The molecule has 3 fully saturated rings. The molecule has 0 aromatic heterocycles. The highest BCUT2D eigenvalue weighted by Crippen LogP contribution is 2.63. The van der Waals surface area contributed by atoms with Gasteiger partial charge in [0.05, 0.1) is 6.10 Å². The zero-order chi connectivity index (χ0) is 30.2. The van der Waals surface area contributed by atoms with Crippen molar-refractivity contribution in [2.75, 3.05) is 13.2 Å². The summed E-state index contributed by atoms with van der Waals surface area (Å²) in [6, 6.07) is 22.0. The molecule has 0 unspecified atom stereocenters. The van der Waals surface area contributed by atoms with Crippen LogP contribution in [0.5, 0.6) is 0 Å². The molecule has 0 aliphatic heterocycles. The van der Waals surface area contributed by atoms with Gasteiger partial charge in [-0.3, -0.25) is 0 Å². The fraction of sp³-hybridized carbons (Fsp3) is 0.611. The van der Waals surface area contributed by atoms with Crippen molar-refractivity contribution in [1.82, 2.24) is 0 Å². The number of aliphatic hydroxyl groups is 1. The quantitative estimate of drug-likeness (QED) is 0.112. The Kier molecular flexibility index (Phi) is 8.84. The normalized spacial score (nSPS) is 33.6. The van der Waals surface area contributed by atoms with Crippen molar-refractivity contribution in [2.45, 2.75) is 90.7 Å². The van der Waals surface area contributed by atoms with Gasteiger partial charge in [0.25, 0.3) is 8.32 Å². The number of aliphatic hydroxyl groups excluding tert-OH is 1. The van der Waals surface area contributed by atoms with Gasteiger partial charge in [-0.25, -0.2) is 0 Å². The van der Waals surface area contributed by atoms with Gasteiger partial charge in [-0.15, -0.1) is 0 Å². The van der Waals surface area contributed by atoms with Crippen molar-refractivity contribution in [3.8, 4) is 0 Å². The van der Waals surface area contributed by atoms with Crippen LogP contribution >= 0.6 is 0 Å². The van der Waals surface area contributed by atoms with E-state index >= 15 is 0 Å². The van der Waals surface area contributed by atoms with Crippen LogP contribution in [0.4, 0.5) is 0 Å². The van der Waals surface area contributed by atoms with E-state index in [0.29, 0.717) is 30.7 Å². The smallest absolute Gasteiger partial charge is 0.261 e. The van der Waals surface area contributed by atoms with E-state index < -0.39 is 8.32 Å². The molecule has 226 valence electrons. The zero-order valence-electron chi connectivity index (χ0n) is 26.4. The van der Waals surface area contributed by atoms with Crippen molar-refractivity contribution >= 4 is 18.7 Å². The third kappa shape index (κ3) is 5.30. The van der Waals surface area contributed by atoms with Gasteiger partial charge < -0.3 is 9.53 Å². The molecule has 1 N–H and O–H groups in total. The molecule has 2 aromatic rings. The molecule has 0 heterocycles. The van der Waals surface area contributed by atoms with Crippen molar-refractivity contribution < 1.29 is 9.53 Å². The monoisotopic (exact) mass is 585 g/mol. The Morgan fingerprint density at radius 2 is 1.60 bits per heavy atom. The molecule has 6 heteroatoms. The number of hydrogen-bond donors (Lipinski definition) is 1. The number of rotatable bonds is 8. The average molecular weight is 586 g/mol. The fourth-order valence-electron chi connectivity index (χ4n) is 9.53. The Balaban J connectivity index is 1.59. The molecule has 3 saturated carbocycles. The van der Waals surface area contributed by atoms with E-state index in [0.717, 1.165) is 38.7 Å². The molecular weight excluding hydrogens is 535 g/mol. The Labute approximate surface area is 254 Å². The summed E-state index contributed by atoms with van der Waals surface area (Å²) in [5.41, 5.74) is 10.8. The van der Waals surface area contributed by atoms with E-state index in [2.05, 4.69) is 112 Å². The molecule has 5 rings (SSSR count). The molecule has 5 nitrogen and oxygen atoms in total. The molecule has 0 radical (unpaired) electrons. The zero-order valence-corrected chi connectivity index (χ0v) is 27.4. The minimum Gasteiger partial charge on any atom is -0.407 e. The van der Waals surface area contributed by atoms with E-state index in [4.69, 9.17) is 4.43 Å². The van der Waals surface area contributed by atoms with Gasteiger partial charge in [0, 0.05) is 18.1 Å². The minimum absolute atomic E-state index is 0.0157. The largest absolute Gasteiger partial charge is 0.407 e. The van der Waals surface area contributed by atoms with Crippen molar-refractivity contribution in [1.29, 1.82) is 0 Å². The molecule has 3 aliphatic carbocycles. The lowest BCUT2D eigenvalue weighted by molar-refractivity contribution is -0.0894. The molecule has 0 bridgehead atoms.